The maximum Gasteiger partial charge on any atom is 0.277 e. The molecule has 10 saturated carbocycles. The third kappa shape index (κ3) is 2.21. The number of fused-ring (bicyclic) bond motifs is 4. The van der Waals surface area contributed by atoms with Gasteiger partial charge in [-0.15, -0.1) is 0 Å². The fourth-order valence-electron chi connectivity index (χ4n) is 8.58. The second-order valence-electron chi connectivity index (χ2n) is 10.6. The fourth-order valence-corrected chi connectivity index (χ4v) is 10.4. The highest BCUT2D eigenvalue weighted by Gasteiger charge is 2.59. The Morgan fingerprint density at radius 3 is 1.52 bits per heavy atom. The zero-order valence-corrected chi connectivity index (χ0v) is 16.0. The van der Waals surface area contributed by atoms with Crippen molar-refractivity contribution in [3.05, 3.63) is 0 Å². The average molecular weight is 365 g/mol. The van der Waals surface area contributed by atoms with Crippen molar-refractivity contribution in [2.24, 2.45) is 35.5 Å². The maximum atomic E-state index is 13.3. The minimum absolute atomic E-state index is 0.120. The lowest BCUT2D eigenvalue weighted by molar-refractivity contribution is -0.0522. The molecule has 4 nitrogen and oxygen atoms in total. The highest BCUT2D eigenvalue weighted by atomic mass is 32.2. The molecular weight excluding hydrogens is 332 g/mol. The first-order valence-electron chi connectivity index (χ1n) is 10.8. The molecule has 0 amide bonds. The predicted molar refractivity (Wildman–Crippen MR) is 97.0 cm³/mol. The van der Waals surface area contributed by atoms with E-state index < -0.39 is 10.2 Å². The molecule has 0 aromatic heterocycles. The topological polar surface area (TPSA) is 58.2 Å². The largest absolute Gasteiger partial charge is 0.277 e. The smallest absolute Gasteiger partial charge is 0.196 e. The van der Waals surface area contributed by atoms with Crippen LogP contribution in [0.3, 0.4) is 0 Å². The van der Waals surface area contributed by atoms with Gasteiger partial charge in [-0.1, -0.05) is 0 Å². The molecule has 10 fully saturated rings. The van der Waals surface area contributed by atoms with Crippen molar-refractivity contribution < 1.29 is 8.42 Å². The Bertz CT molecular complexity index is 642. The van der Waals surface area contributed by atoms with Gasteiger partial charge in [-0.25, -0.2) is 0 Å². The highest BCUT2D eigenvalue weighted by molar-refractivity contribution is 7.87. The first-order chi connectivity index (χ1) is 12.0. The Morgan fingerprint density at radius 2 is 1.12 bits per heavy atom. The predicted octanol–water partition coefficient (Wildman–Crippen LogP) is 3.35. The number of hydrogen-bond acceptors (Lipinski definition) is 2. The van der Waals surface area contributed by atoms with Crippen LogP contribution in [0.2, 0.25) is 0 Å². The van der Waals surface area contributed by atoms with Gasteiger partial charge in [-0.3, -0.25) is 0 Å². The van der Waals surface area contributed by atoms with Gasteiger partial charge in [0, 0.05) is 11.1 Å². The van der Waals surface area contributed by atoms with Gasteiger partial charge in [-0.2, -0.15) is 17.9 Å². The van der Waals surface area contributed by atoms with Crippen molar-refractivity contribution in [2.45, 2.75) is 88.1 Å². The summed E-state index contributed by atoms with van der Waals surface area (Å²) >= 11 is 0. The SMILES string of the molecule is O=S(=O)(NC12CCC3CC1CCC3C2)NC12CCC3CC1CCC3C2. The van der Waals surface area contributed by atoms with E-state index in [1.54, 1.807) is 0 Å². The van der Waals surface area contributed by atoms with Crippen molar-refractivity contribution in [2.75, 3.05) is 0 Å². The van der Waals surface area contributed by atoms with Crippen molar-refractivity contribution in [3.8, 4) is 0 Å². The molecule has 10 aliphatic carbocycles. The van der Waals surface area contributed by atoms with Crippen LogP contribution in [0.5, 0.6) is 0 Å². The fraction of sp³-hybridized carbons (Fsp3) is 1.00. The molecule has 8 unspecified atom stereocenters. The second-order valence-corrected chi connectivity index (χ2v) is 12.0. The molecule has 0 saturated heterocycles. The summed E-state index contributed by atoms with van der Waals surface area (Å²) in [5, 5.41) is 0. The van der Waals surface area contributed by atoms with Crippen LogP contribution in [0.25, 0.3) is 0 Å². The van der Waals surface area contributed by atoms with E-state index in [1.807, 2.05) is 0 Å². The van der Waals surface area contributed by atoms with Gasteiger partial charge in [0.05, 0.1) is 0 Å². The molecule has 0 heterocycles. The summed E-state index contributed by atoms with van der Waals surface area (Å²) in [6.07, 6.45) is 14.5. The van der Waals surface area contributed by atoms with E-state index in [2.05, 4.69) is 9.44 Å². The molecule has 10 aliphatic rings. The molecular formula is C20H32N2O2S. The monoisotopic (exact) mass is 364 g/mol. The van der Waals surface area contributed by atoms with Crippen LogP contribution >= 0.6 is 0 Å². The van der Waals surface area contributed by atoms with E-state index >= 15 is 0 Å². The molecule has 5 heteroatoms. The lowest BCUT2D eigenvalue weighted by Crippen LogP contribution is -2.69. The Kier molecular flexibility index (Phi) is 3.19. The van der Waals surface area contributed by atoms with Gasteiger partial charge < -0.3 is 0 Å². The standard InChI is InChI=1S/C20H32N2O2S/c23-25(24,21-19-7-5-13-9-17(19)3-1-15(13)11-19)22-20-8-6-14-10-18(20)4-2-16(14)12-20/h13-18,21-22H,1-12H2. The minimum Gasteiger partial charge on any atom is -0.196 e. The zero-order valence-electron chi connectivity index (χ0n) is 15.2. The zero-order chi connectivity index (χ0) is 16.9. The normalized spacial score (nSPS) is 55.8. The van der Waals surface area contributed by atoms with Gasteiger partial charge in [0.2, 0.25) is 0 Å². The van der Waals surface area contributed by atoms with Crippen LogP contribution in [0.4, 0.5) is 0 Å². The molecule has 25 heavy (non-hydrogen) atoms. The van der Waals surface area contributed by atoms with Crippen LogP contribution < -0.4 is 9.44 Å². The maximum absolute atomic E-state index is 13.3. The summed E-state index contributed by atoms with van der Waals surface area (Å²) in [5.74, 6) is 4.51. The first-order valence-corrected chi connectivity index (χ1v) is 12.3. The van der Waals surface area contributed by atoms with Crippen molar-refractivity contribution in [1.29, 1.82) is 0 Å². The summed E-state index contributed by atoms with van der Waals surface area (Å²) < 4.78 is 33.1. The Balaban J connectivity index is 1.25. The van der Waals surface area contributed by atoms with Crippen LogP contribution in [-0.4, -0.2) is 19.5 Å². The van der Waals surface area contributed by atoms with Gasteiger partial charge in [-0.05, 0) is 113 Å². The van der Waals surface area contributed by atoms with Crippen molar-refractivity contribution >= 4 is 10.2 Å². The summed E-state index contributed by atoms with van der Waals surface area (Å²) in [6, 6.07) is 0. The molecule has 10 rings (SSSR count). The molecule has 0 aliphatic heterocycles. The van der Waals surface area contributed by atoms with Crippen molar-refractivity contribution in [3.63, 3.8) is 0 Å². The lowest BCUT2D eigenvalue weighted by Gasteiger charge is -2.61. The summed E-state index contributed by atoms with van der Waals surface area (Å²) in [5.41, 5.74) is -0.240. The third-order valence-electron chi connectivity index (χ3n) is 9.69. The summed E-state index contributed by atoms with van der Waals surface area (Å²) in [7, 11) is -3.42. The van der Waals surface area contributed by atoms with Crippen LogP contribution in [0.1, 0.15) is 77.0 Å². The first kappa shape index (κ1) is 15.9. The third-order valence-corrected chi connectivity index (χ3v) is 11.0. The van der Waals surface area contributed by atoms with E-state index in [-0.39, 0.29) is 11.1 Å². The molecule has 0 aromatic rings. The molecule has 0 spiro atoms. The van der Waals surface area contributed by atoms with Crippen LogP contribution in [0, 0.1) is 35.5 Å². The van der Waals surface area contributed by atoms with E-state index in [4.69, 9.17) is 0 Å². The van der Waals surface area contributed by atoms with E-state index in [0.29, 0.717) is 11.8 Å². The number of nitrogens with one attached hydrogen (secondary N) is 2. The van der Waals surface area contributed by atoms with Gasteiger partial charge >= 0.3 is 0 Å². The second kappa shape index (κ2) is 5.02. The van der Waals surface area contributed by atoms with Crippen molar-refractivity contribution in [1.82, 2.24) is 9.44 Å². The molecule has 140 valence electrons. The summed E-state index contributed by atoms with van der Waals surface area (Å²) in [6.45, 7) is 0. The Labute approximate surface area is 152 Å². The molecule has 0 aromatic carbocycles. The van der Waals surface area contributed by atoms with E-state index in [1.165, 1.54) is 51.4 Å². The summed E-state index contributed by atoms with van der Waals surface area (Å²) in [4.78, 5) is 0. The molecule has 8 atom stereocenters. The minimum atomic E-state index is -3.42. The van der Waals surface area contributed by atoms with E-state index in [9.17, 15) is 8.42 Å². The quantitative estimate of drug-likeness (QED) is 0.804. The number of rotatable bonds is 4. The van der Waals surface area contributed by atoms with Gasteiger partial charge in [0.15, 0.2) is 0 Å². The lowest BCUT2D eigenvalue weighted by atomic mass is 9.50. The van der Waals surface area contributed by atoms with E-state index in [0.717, 1.165) is 49.4 Å². The van der Waals surface area contributed by atoms with Crippen LogP contribution in [-0.2, 0) is 10.2 Å². The highest BCUT2D eigenvalue weighted by Crippen LogP contribution is 2.60. The average Bonchev–Trinajstić information content (AvgIpc) is 2.60. The number of hydrogen-bond donors (Lipinski definition) is 2. The molecule has 0 radical (unpaired) electrons. The van der Waals surface area contributed by atoms with Gasteiger partial charge in [0.25, 0.3) is 10.2 Å². The van der Waals surface area contributed by atoms with Gasteiger partial charge in [0.1, 0.15) is 0 Å². The van der Waals surface area contributed by atoms with Crippen LogP contribution in [0.15, 0.2) is 0 Å². The molecule has 8 bridgehead atoms. The Hall–Kier alpha value is -0.130. The Morgan fingerprint density at radius 1 is 0.640 bits per heavy atom. The molecule has 2 N–H and O–H groups in total.